The van der Waals surface area contributed by atoms with Gasteiger partial charge in [0.25, 0.3) is 0 Å². The molecule has 0 aliphatic carbocycles. The number of fused-ring (bicyclic) bond motifs is 6. The first-order valence-electron chi connectivity index (χ1n) is 28.7. The number of rotatable bonds is 7. The van der Waals surface area contributed by atoms with E-state index in [4.69, 9.17) is 0 Å². The summed E-state index contributed by atoms with van der Waals surface area (Å²) in [6.07, 6.45) is -48.7. The summed E-state index contributed by atoms with van der Waals surface area (Å²) < 4.78 is 390. The van der Waals surface area contributed by atoms with E-state index in [0.29, 0.717) is 60.7 Å². The molecule has 0 fully saturated rings. The minimum absolute atomic E-state index is 0.203. The van der Waals surface area contributed by atoms with E-state index in [1.807, 2.05) is 6.07 Å². The first-order valence-corrected chi connectivity index (χ1v) is 28.7. The van der Waals surface area contributed by atoms with Crippen molar-refractivity contribution in [2.75, 3.05) is 0 Å². The summed E-state index contributed by atoms with van der Waals surface area (Å²) in [5, 5.41) is 20.9. The molecule has 2 heterocycles. The molecule has 0 spiro atoms. The Hall–Kier alpha value is -11.1. The van der Waals surface area contributed by atoms with Gasteiger partial charge in [-0.15, -0.1) is 0 Å². The Balaban J connectivity index is 1.20. The van der Waals surface area contributed by atoms with Gasteiger partial charge in [-0.05, 0) is 190 Å². The third kappa shape index (κ3) is 13.2. The number of hydrogen-bond acceptors (Lipinski definition) is 2. The Morgan fingerprint density at radius 1 is 0.206 bits per heavy atom. The van der Waals surface area contributed by atoms with Crippen LogP contribution in [-0.2, 0) is 55.6 Å². The number of hydrogen-bond donors (Lipinski definition) is 0. The number of nitrogens with zero attached hydrogens (tertiary/aromatic N) is 4. The van der Waals surface area contributed by atoms with Crippen molar-refractivity contribution in [3.63, 3.8) is 0 Å². The number of nitriles is 2. The van der Waals surface area contributed by atoms with E-state index >= 15 is 0 Å². The normalized spacial score (nSPS) is 13.2. The van der Waals surface area contributed by atoms with Crippen molar-refractivity contribution < 1.29 is 119 Å². The van der Waals surface area contributed by atoms with Crippen molar-refractivity contribution in [1.82, 2.24) is 9.13 Å². The van der Waals surface area contributed by atoms with Gasteiger partial charge >= 0.3 is 55.6 Å². The van der Waals surface area contributed by atoms with Crippen LogP contribution in [0.15, 0.2) is 176 Å². The summed E-state index contributed by atoms with van der Waals surface area (Å²) in [6, 6.07) is 20.7. The van der Waals surface area contributed by atoms with Gasteiger partial charge in [0.2, 0.25) is 0 Å². The molecule has 0 atom stereocenters. The number of benzene rings is 10. The van der Waals surface area contributed by atoms with Crippen molar-refractivity contribution in [3.05, 3.63) is 237 Å². The molecular formula is C71H29F27N4. The van der Waals surface area contributed by atoms with Crippen LogP contribution in [0, 0.1) is 22.7 Å². The van der Waals surface area contributed by atoms with Crippen molar-refractivity contribution in [2.24, 2.45) is 0 Å². The van der Waals surface area contributed by atoms with E-state index in [9.17, 15) is 129 Å². The van der Waals surface area contributed by atoms with Gasteiger partial charge < -0.3 is 9.13 Å². The van der Waals surface area contributed by atoms with Gasteiger partial charge in [-0.1, -0.05) is 30.3 Å². The van der Waals surface area contributed by atoms with E-state index in [1.54, 1.807) is 6.07 Å². The summed E-state index contributed by atoms with van der Waals surface area (Å²) in [5.41, 5.74) is -25.2. The first kappa shape index (κ1) is 70.7. The molecule has 0 aliphatic rings. The molecule has 0 bridgehead atoms. The molecule has 102 heavy (non-hydrogen) atoms. The Labute approximate surface area is 552 Å². The Bertz CT molecular complexity index is 5140. The van der Waals surface area contributed by atoms with Crippen LogP contribution in [0.25, 0.3) is 111 Å². The molecule has 12 aromatic rings. The quantitative estimate of drug-likeness (QED) is 0.149. The number of halogens is 27. The van der Waals surface area contributed by atoms with Crippen LogP contribution in [0.5, 0.6) is 0 Å². The average Bonchev–Trinajstić information content (AvgIpc) is 1.55. The Kier molecular flexibility index (Phi) is 16.5. The van der Waals surface area contributed by atoms with Crippen LogP contribution in [0.4, 0.5) is 119 Å². The Morgan fingerprint density at radius 2 is 0.451 bits per heavy atom. The highest BCUT2D eigenvalue weighted by atomic mass is 19.4. The molecule has 0 amide bonds. The molecule has 0 saturated heterocycles. The lowest BCUT2D eigenvalue weighted by Crippen LogP contribution is -2.11. The minimum Gasteiger partial charge on any atom is -0.309 e. The van der Waals surface area contributed by atoms with Crippen LogP contribution in [0.3, 0.4) is 0 Å². The molecule has 4 nitrogen and oxygen atoms in total. The average molecular weight is 1450 g/mol. The largest absolute Gasteiger partial charge is 0.416 e. The van der Waals surface area contributed by atoms with Crippen molar-refractivity contribution >= 4 is 43.6 Å². The van der Waals surface area contributed by atoms with Gasteiger partial charge in [-0.2, -0.15) is 129 Å². The predicted molar refractivity (Wildman–Crippen MR) is 317 cm³/mol. The van der Waals surface area contributed by atoms with E-state index in [0.717, 1.165) is 100 Å². The molecule has 2 aromatic heterocycles. The maximum atomic E-state index is 14.6. The lowest BCUT2D eigenvalue weighted by Gasteiger charge is -2.20. The van der Waals surface area contributed by atoms with E-state index in [1.165, 1.54) is 0 Å². The molecular weight excluding hydrogens is 1420 g/mol. The third-order valence-corrected chi connectivity index (χ3v) is 16.7. The minimum atomic E-state index is -5.44. The SMILES string of the molecule is N#Cc1cc(C(F)(F)F)ccc1-c1cc(-n2c3ccc(-c4cc(C(F)(F)F)cc(C(F)(F)F)c4)cc3c3cc(-c4cc(C(F)(F)F)cc(C(F)(F)F)c4)ccc32)c(C#N)cc1-n1c2ccc(-c3cc(C(F)(F)F)cc(C(F)(F)F)c3)cc2c2cc(-c3cc(C(F)(F)F)cc(C(F)(F)F)c3)ccc21. The number of alkyl halides is 27. The highest BCUT2D eigenvalue weighted by molar-refractivity contribution is 6.14. The third-order valence-electron chi connectivity index (χ3n) is 16.7. The van der Waals surface area contributed by atoms with Gasteiger partial charge in [-0.3, -0.25) is 0 Å². The monoisotopic (exact) mass is 1450 g/mol. The summed E-state index contributed by atoms with van der Waals surface area (Å²) >= 11 is 0. The lowest BCUT2D eigenvalue weighted by molar-refractivity contribution is -0.144. The zero-order valence-electron chi connectivity index (χ0n) is 49.7. The second-order valence-corrected chi connectivity index (χ2v) is 23.1. The fourth-order valence-electron chi connectivity index (χ4n) is 12.1. The van der Waals surface area contributed by atoms with Gasteiger partial charge in [0, 0.05) is 32.7 Å². The topological polar surface area (TPSA) is 57.4 Å². The maximum absolute atomic E-state index is 14.6. The van der Waals surface area contributed by atoms with Gasteiger partial charge in [0.1, 0.15) is 6.07 Å². The summed E-state index contributed by atoms with van der Waals surface area (Å²) in [4.78, 5) is 0. The molecule has 31 heteroatoms. The van der Waals surface area contributed by atoms with Crippen LogP contribution < -0.4 is 0 Å². The fraction of sp³-hybridized carbons (Fsp3) is 0.127. The molecule has 0 aliphatic heterocycles. The predicted octanol–water partition coefficient (Wildman–Crippen LogP) is 25.1. The smallest absolute Gasteiger partial charge is 0.309 e. The molecule has 0 saturated carbocycles. The van der Waals surface area contributed by atoms with Crippen molar-refractivity contribution in [2.45, 2.75) is 55.6 Å². The molecule has 0 N–H and O–H groups in total. The standard InChI is InChI=1S/C71H29F27N4/c72-63(73,74)42-5-6-51(40(19-42)30-99)56-29-61(101-57-7-1-32(36-11-43(64(75,76)77)25-44(12-36)65(78,79)80)20-52(57)53-21-33(2-8-58(53)101)37-13-45(66(81,82)83)26-46(14-37)67(84,85)86)41(31-100)24-62(56)102-59-9-3-34(38-15-47(68(87,88)89)27-48(16-38)69(90,91)92)22-54(59)55-23-35(4-10-60(55)102)39-17-49(70(93,94)95)28-50(18-39)71(96,97)98/h1-29H. The van der Waals surface area contributed by atoms with E-state index in [2.05, 4.69) is 0 Å². The summed E-state index contributed by atoms with van der Waals surface area (Å²) in [7, 11) is 0. The molecule has 0 radical (unpaired) electrons. The second-order valence-electron chi connectivity index (χ2n) is 23.1. The van der Waals surface area contributed by atoms with Gasteiger partial charge in [0.05, 0.1) is 101 Å². The van der Waals surface area contributed by atoms with Crippen LogP contribution in [0.1, 0.15) is 61.2 Å². The second kappa shape index (κ2) is 23.8. The highest BCUT2D eigenvalue weighted by Gasteiger charge is 2.42. The van der Waals surface area contributed by atoms with Crippen LogP contribution >= 0.6 is 0 Å². The summed E-state index contributed by atoms with van der Waals surface area (Å²) in [5.74, 6) is 0. The maximum Gasteiger partial charge on any atom is 0.416 e. The lowest BCUT2D eigenvalue weighted by atomic mass is 9.94. The highest BCUT2D eigenvalue weighted by Crippen LogP contribution is 2.50. The molecule has 0 unspecified atom stereocenters. The van der Waals surface area contributed by atoms with Gasteiger partial charge in [0.15, 0.2) is 0 Å². The zero-order valence-corrected chi connectivity index (χ0v) is 49.7. The van der Waals surface area contributed by atoms with E-state index < -0.39 is 184 Å². The molecule has 12 rings (SSSR count). The zero-order chi connectivity index (χ0) is 74.5. The molecule has 522 valence electrons. The summed E-state index contributed by atoms with van der Waals surface area (Å²) in [6.45, 7) is 0. The van der Waals surface area contributed by atoms with E-state index in [-0.39, 0.29) is 67.9 Å². The van der Waals surface area contributed by atoms with Crippen LogP contribution in [0.2, 0.25) is 0 Å². The Morgan fingerprint density at radius 3 is 0.686 bits per heavy atom. The fourth-order valence-corrected chi connectivity index (χ4v) is 12.1. The number of aromatic nitrogens is 2. The van der Waals surface area contributed by atoms with Gasteiger partial charge in [-0.25, -0.2) is 0 Å². The van der Waals surface area contributed by atoms with Crippen LogP contribution in [-0.4, -0.2) is 9.13 Å². The van der Waals surface area contributed by atoms with Crippen molar-refractivity contribution in [1.29, 1.82) is 10.5 Å². The molecule has 10 aromatic carbocycles. The first-order chi connectivity index (χ1) is 47.1. The van der Waals surface area contributed by atoms with Crippen molar-refractivity contribution in [3.8, 4) is 79.1 Å².